The minimum absolute atomic E-state index is 0.0367. The first kappa shape index (κ1) is 17.1. The van der Waals surface area contributed by atoms with Gasteiger partial charge < -0.3 is 10.2 Å². The zero-order valence-corrected chi connectivity index (χ0v) is 14.0. The first-order chi connectivity index (χ1) is 11.1. The van der Waals surface area contributed by atoms with E-state index in [0.717, 1.165) is 5.69 Å². The van der Waals surface area contributed by atoms with Gasteiger partial charge in [-0.25, -0.2) is 0 Å². The second-order valence-electron chi connectivity index (χ2n) is 5.89. The summed E-state index contributed by atoms with van der Waals surface area (Å²) < 4.78 is 0. The van der Waals surface area contributed by atoms with Gasteiger partial charge in [-0.15, -0.1) is 0 Å². The molecule has 0 spiro atoms. The molecule has 1 amide bonds. The predicted molar refractivity (Wildman–Crippen MR) is 91.0 cm³/mol. The van der Waals surface area contributed by atoms with Crippen LogP contribution < -0.4 is 5.32 Å². The standard InChI is InChI=1S/C18H24N4O/c1-14-4-6-15(7-5-14)17(22(2)3)13-21-18(23)9-8-16-12-19-10-11-20-16/h4-7,10-12,17H,8-9,13H2,1-3H3,(H,21,23)/t17-/m0/s1. The molecule has 0 bridgehead atoms. The molecule has 0 fully saturated rings. The normalized spacial score (nSPS) is 12.2. The molecule has 0 aliphatic rings. The van der Waals surface area contributed by atoms with E-state index in [2.05, 4.69) is 51.4 Å². The Balaban J connectivity index is 1.86. The Bertz CT molecular complexity index is 611. The number of carbonyl (C=O) groups excluding carboxylic acids is 1. The Morgan fingerprint density at radius 1 is 1.22 bits per heavy atom. The Hall–Kier alpha value is -2.27. The molecule has 0 aliphatic heterocycles. The van der Waals surface area contributed by atoms with E-state index in [4.69, 9.17) is 0 Å². The van der Waals surface area contributed by atoms with E-state index >= 15 is 0 Å². The minimum Gasteiger partial charge on any atom is -0.354 e. The SMILES string of the molecule is Cc1ccc([C@H](CNC(=O)CCc2cnccn2)N(C)C)cc1. The summed E-state index contributed by atoms with van der Waals surface area (Å²) in [5.41, 5.74) is 3.28. The van der Waals surface area contributed by atoms with Crippen LogP contribution in [0.15, 0.2) is 42.9 Å². The lowest BCUT2D eigenvalue weighted by Crippen LogP contribution is -2.34. The average molecular weight is 312 g/mol. The Kier molecular flexibility index (Phi) is 6.23. The third-order valence-corrected chi connectivity index (χ3v) is 3.80. The molecular weight excluding hydrogens is 288 g/mol. The minimum atomic E-state index is 0.0367. The molecule has 122 valence electrons. The van der Waals surface area contributed by atoms with Crippen molar-refractivity contribution in [2.75, 3.05) is 20.6 Å². The van der Waals surface area contributed by atoms with Gasteiger partial charge in [0.05, 0.1) is 11.7 Å². The Morgan fingerprint density at radius 3 is 2.57 bits per heavy atom. The van der Waals surface area contributed by atoms with Crippen molar-refractivity contribution in [1.82, 2.24) is 20.2 Å². The predicted octanol–water partition coefficient (Wildman–Crippen LogP) is 2.14. The van der Waals surface area contributed by atoms with E-state index in [1.165, 1.54) is 11.1 Å². The lowest BCUT2D eigenvalue weighted by Gasteiger charge is -2.25. The topological polar surface area (TPSA) is 58.1 Å². The van der Waals surface area contributed by atoms with E-state index in [-0.39, 0.29) is 11.9 Å². The van der Waals surface area contributed by atoms with Gasteiger partial charge in [0.2, 0.25) is 5.91 Å². The van der Waals surface area contributed by atoms with Gasteiger partial charge in [0.25, 0.3) is 0 Å². The number of benzene rings is 1. The highest BCUT2D eigenvalue weighted by atomic mass is 16.1. The van der Waals surface area contributed by atoms with Crippen LogP contribution in [0.1, 0.15) is 29.3 Å². The van der Waals surface area contributed by atoms with Crippen molar-refractivity contribution < 1.29 is 4.79 Å². The number of nitrogens with zero attached hydrogens (tertiary/aromatic N) is 3. The van der Waals surface area contributed by atoms with Crippen LogP contribution in [0.4, 0.5) is 0 Å². The molecular formula is C18H24N4O. The van der Waals surface area contributed by atoms with Gasteiger partial charge in [-0.1, -0.05) is 29.8 Å². The molecule has 5 nitrogen and oxygen atoms in total. The molecule has 0 unspecified atom stereocenters. The van der Waals surface area contributed by atoms with E-state index in [9.17, 15) is 4.79 Å². The van der Waals surface area contributed by atoms with Crippen molar-refractivity contribution in [2.24, 2.45) is 0 Å². The maximum absolute atomic E-state index is 12.1. The summed E-state index contributed by atoms with van der Waals surface area (Å²) in [5.74, 6) is 0.0367. The Labute approximate surface area is 137 Å². The van der Waals surface area contributed by atoms with E-state index < -0.39 is 0 Å². The quantitative estimate of drug-likeness (QED) is 0.851. The number of hydrogen-bond acceptors (Lipinski definition) is 4. The van der Waals surface area contributed by atoms with Crippen LogP contribution in [0, 0.1) is 6.92 Å². The number of aromatic nitrogens is 2. The Morgan fingerprint density at radius 2 is 1.96 bits per heavy atom. The second-order valence-corrected chi connectivity index (χ2v) is 5.89. The van der Waals surface area contributed by atoms with Crippen molar-refractivity contribution >= 4 is 5.91 Å². The summed E-state index contributed by atoms with van der Waals surface area (Å²) in [6, 6.07) is 8.59. The van der Waals surface area contributed by atoms with Gasteiger partial charge in [-0.3, -0.25) is 14.8 Å². The van der Waals surface area contributed by atoms with Crippen LogP contribution in [-0.2, 0) is 11.2 Å². The molecule has 1 aromatic heterocycles. The highest BCUT2D eigenvalue weighted by molar-refractivity contribution is 5.76. The summed E-state index contributed by atoms with van der Waals surface area (Å²) in [4.78, 5) is 22.4. The summed E-state index contributed by atoms with van der Waals surface area (Å²) in [5, 5.41) is 3.02. The van der Waals surface area contributed by atoms with E-state index in [0.29, 0.717) is 19.4 Å². The number of amides is 1. The maximum atomic E-state index is 12.1. The van der Waals surface area contributed by atoms with Crippen LogP contribution >= 0.6 is 0 Å². The van der Waals surface area contributed by atoms with Gasteiger partial charge >= 0.3 is 0 Å². The molecule has 0 radical (unpaired) electrons. The van der Waals surface area contributed by atoms with Crippen LogP contribution in [0.3, 0.4) is 0 Å². The zero-order chi connectivity index (χ0) is 16.7. The van der Waals surface area contributed by atoms with Crippen molar-refractivity contribution in [3.63, 3.8) is 0 Å². The fourth-order valence-electron chi connectivity index (χ4n) is 2.39. The van der Waals surface area contributed by atoms with Gasteiger partial charge in [0.15, 0.2) is 0 Å². The van der Waals surface area contributed by atoms with Crippen molar-refractivity contribution in [1.29, 1.82) is 0 Å². The molecule has 1 aromatic carbocycles. The largest absolute Gasteiger partial charge is 0.354 e. The van der Waals surface area contributed by atoms with Crippen LogP contribution in [0.2, 0.25) is 0 Å². The summed E-state index contributed by atoms with van der Waals surface area (Å²) in [6.07, 6.45) is 6.01. The van der Waals surface area contributed by atoms with Crippen LogP contribution in [-0.4, -0.2) is 41.4 Å². The van der Waals surface area contributed by atoms with Gasteiger partial charge in [-0.05, 0) is 33.0 Å². The number of likely N-dealkylation sites (N-methyl/N-ethyl adjacent to an activating group) is 1. The third kappa shape index (κ3) is 5.45. The molecule has 1 N–H and O–H groups in total. The van der Waals surface area contributed by atoms with Crippen LogP contribution in [0.5, 0.6) is 0 Å². The van der Waals surface area contributed by atoms with E-state index in [1.54, 1.807) is 18.6 Å². The lowest BCUT2D eigenvalue weighted by molar-refractivity contribution is -0.121. The first-order valence-electron chi connectivity index (χ1n) is 7.81. The number of nitrogens with one attached hydrogen (secondary N) is 1. The fraction of sp³-hybridized carbons (Fsp3) is 0.389. The molecule has 1 atom stereocenters. The second kappa shape index (κ2) is 8.39. The molecule has 0 saturated heterocycles. The zero-order valence-electron chi connectivity index (χ0n) is 14.0. The average Bonchev–Trinajstić information content (AvgIpc) is 2.55. The van der Waals surface area contributed by atoms with Crippen LogP contribution in [0.25, 0.3) is 0 Å². The number of hydrogen-bond donors (Lipinski definition) is 1. The van der Waals surface area contributed by atoms with Crippen molar-refractivity contribution in [2.45, 2.75) is 25.8 Å². The molecule has 1 heterocycles. The summed E-state index contributed by atoms with van der Waals surface area (Å²) >= 11 is 0. The summed E-state index contributed by atoms with van der Waals surface area (Å²) in [7, 11) is 4.05. The molecule has 2 aromatic rings. The van der Waals surface area contributed by atoms with E-state index in [1.807, 2.05) is 14.1 Å². The highest BCUT2D eigenvalue weighted by Gasteiger charge is 2.15. The number of aryl methyl sites for hydroxylation is 2. The molecule has 0 saturated carbocycles. The third-order valence-electron chi connectivity index (χ3n) is 3.80. The van der Waals surface area contributed by atoms with Crippen molar-refractivity contribution in [3.8, 4) is 0 Å². The number of carbonyl (C=O) groups is 1. The highest BCUT2D eigenvalue weighted by Crippen LogP contribution is 2.17. The first-order valence-corrected chi connectivity index (χ1v) is 7.81. The molecule has 0 aliphatic carbocycles. The number of rotatable bonds is 7. The molecule has 2 rings (SSSR count). The van der Waals surface area contributed by atoms with Gasteiger partial charge in [-0.2, -0.15) is 0 Å². The maximum Gasteiger partial charge on any atom is 0.220 e. The smallest absolute Gasteiger partial charge is 0.220 e. The van der Waals surface area contributed by atoms with Gasteiger partial charge in [0, 0.05) is 31.6 Å². The fourth-order valence-corrected chi connectivity index (χ4v) is 2.39. The summed E-state index contributed by atoms with van der Waals surface area (Å²) in [6.45, 7) is 2.66. The monoisotopic (exact) mass is 312 g/mol. The van der Waals surface area contributed by atoms with Crippen molar-refractivity contribution in [3.05, 3.63) is 59.7 Å². The molecule has 23 heavy (non-hydrogen) atoms. The van der Waals surface area contributed by atoms with Gasteiger partial charge in [0.1, 0.15) is 0 Å². The lowest BCUT2D eigenvalue weighted by atomic mass is 10.0. The molecule has 5 heteroatoms.